The highest BCUT2D eigenvalue weighted by Gasteiger charge is 2.21. The van der Waals surface area contributed by atoms with Crippen molar-refractivity contribution in [3.8, 4) is 11.4 Å². The lowest BCUT2D eigenvalue weighted by Gasteiger charge is -2.25. The van der Waals surface area contributed by atoms with Gasteiger partial charge in [-0.2, -0.15) is 0 Å². The first kappa shape index (κ1) is 20.6. The van der Waals surface area contributed by atoms with Crippen LogP contribution in [0.4, 0.5) is 10.1 Å². The van der Waals surface area contributed by atoms with Gasteiger partial charge in [-0.05, 0) is 46.3 Å². The van der Waals surface area contributed by atoms with Gasteiger partial charge in [0, 0.05) is 23.4 Å². The third kappa shape index (κ3) is 4.83. The summed E-state index contributed by atoms with van der Waals surface area (Å²) in [5.41, 5.74) is 1.46. The summed E-state index contributed by atoms with van der Waals surface area (Å²) in [4.78, 5) is 14.5. The van der Waals surface area contributed by atoms with Crippen LogP contribution in [-0.2, 0) is 21.2 Å². The van der Waals surface area contributed by atoms with Crippen LogP contribution in [0.1, 0.15) is 19.4 Å². The second-order valence-corrected chi connectivity index (χ2v) is 8.96. The molecule has 0 radical (unpaired) electrons. The molecule has 0 bridgehead atoms. The van der Waals surface area contributed by atoms with Crippen LogP contribution < -0.4 is 4.90 Å². The fourth-order valence-corrected chi connectivity index (χ4v) is 3.41. The average Bonchev–Trinajstić information content (AvgIpc) is 3.19. The lowest BCUT2D eigenvalue weighted by molar-refractivity contribution is -0.121. The zero-order valence-electron chi connectivity index (χ0n) is 16.1. The van der Waals surface area contributed by atoms with Crippen molar-refractivity contribution < 1.29 is 17.6 Å². The Morgan fingerprint density at radius 2 is 1.86 bits per heavy atom. The van der Waals surface area contributed by atoms with E-state index in [1.807, 2.05) is 0 Å². The fraction of sp³-hybridized carbons (Fsp3) is 0.263. The van der Waals surface area contributed by atoms with Crippen molar-refractivity contribution in [2.75, 3.05) is 11.2 Å². The molecule has 0 aliphatic heterocycles. The third-order valence-electron chi connectivity index (χ3n) is 4.27. The number of carbonyl (C=O) groups excluding carboxylic acids is 1. The van der Waals surface area contributed by atoms with Crippen molar-refractivity contribution in [1.82, 2.24) is 20.6 Å². The molecule has 8 nitrogen and oxygen atoms in total. The normalized spacial score (nSPS) is 11.6. The molecular weight excluding hydrogens is 397 g/mol. The van der Waals surface area contributed by atoms with Crippen LogP contribution >= 0.6 is 0 Å². The molecule has 2 aromatic carbocycles. The first-order valence-electron chi connectivity index (χ1n) is 8.80. The largest absolute Gasteiger partial charge is 0.308 e. The lowest BCUT2D eigenvalue weighted by Crippen LogP contribution is -2.34. The van der Waals surface area contributed by atoms with Gasteiger partial charge < -0.3 is 4.90 Å². The van der Waals surface area contributed by atoms with E-state index in [1.54, 1.807) is 32.0 Å². The van der Waals surface area contributed by atoms with Crippen LogP contribution in [0.15, 0.2) is 47.4 Å². The molecule has 0 saturated heterocycles. The molecule has 0 saturated carbocycles. The molecule has 152 valence electrons. The molecule has 10 heteroatoms. The zero-order chi connectivity index (χ0) is 21.2. The topological polar surface area (TPSA) is 109 Å². The van der Waals surface area contributed by atoms with Crippen LogP contribution in [0.25, 0.3) is 11.4 Å². The summed E-state index contributed by atoms with van der Waals surface area (Å²) in [6.45, 7) is 3.66. The van der Waals surface area contributed by atoms with Crippen molar-refractivity contribution >= 4 is 21.4 Å². The third-order valence-corrected chi connectivity index (χ3v) is 5.39. The molecule has 3 aromatic rings. The number of sulfone groups is 1. The summed E-state index contributed by atoms with van der Waals surface area (Å²) in [5, 5.41) is 13.3. The van der Waals surface area contributed by atoms with Gasteiger partial charge in [0.15, 0.2) is 15.7 Å². The summed E-state index contributed by atoms with van der Waals surface area (Å²) in [7, 11) is -3.32. The van der Waals surface area contributed by atoms with E-state index in [-0.39, 0.29) is 29.1 Å². The van der Waals surface area contributed by atoms with E-state index in [0.717, 1.165) is 6.26 Å². The van der Waals surface area contributed by atoms with E-state index in [2.05, 4.69) is 20.6 Å². The molecule has 29 heavy (non-hydrogen) atoms. The van der Waals surface area contributed by atoms with Gasteiger partial charge in [0.1, 0.15) is 5.82 Å². The van der Waals surface area contributed by atoms with E-state index in [1.165, 1.54) is 29.2 Å². The minimum absolute atomic E-state index is 0.151. The maximum Gasteiger partial charge on any atom is 0.229 e. The van der Waals surface area contributed by atoms with Gasteiger partial charge in [-0.3, -0.25) is 4.79 Å². The molecule has 1 N–H and O–H groups in total. The summed E-state index contributed by atoms with van der Waals surface area (Å²) in [6.07, 6.45) is 1.13. The number of carbonyl (C=O) groups is 1. The van der Waals surface area contributed by atoms with E-state index in [9.17, 15) is 17.6 Å². The Bertz CT molecular complexity index is 1110. The second kappa shape index (κ2) is 8.08. The van der Waals surface area contributed by atoms with E-state index in [4.69, 9.17) is 0 Å². The van der Waals surface area contributed by atoms with Crippen molar-refractivity contribution in [1.29, 1.82) is 0 Å². The van der Waals surface area contributed by atoms with Crippen LogP contribution in [0.2, 0.25) is 0 Å². The molecule has 0 unspecified atom stereocenters. The first-order valence-corrected chi connectivity index (χ1v) is 10.7. The van der Waals surface area contributed by atoms with E-state index < -0.39 is 15.7 Å². The number of tetrazole rings is 1. The Morgan fingerprint density at radius 1 is 1.17 bits per heavy atom. The number of hydrogen-bond donors (Lipinski definition) is 1. The fourth-order valence-electron chi connectivity index (χ4n) is 2.78. The number of benzene rings is 2. The Labute approximate surface area is 167 Å². The number of aromatic nitrogens is 4. The van der Waals surface area contributed by atoms with Crippen LogP contribution in [0.3, 0.4) is 0 Å². The smallest absolute Gasteiger partial charge is 0.229 e. The number of nitrogens with zero attached hydrogens (tertiary/aromatic N) is 4. The summed E-state index contributed by atoms with van der Waals surface area (Å²) >= 11 is 0. The van der Waals surface area contributed by atoms with Crippen molar-refractivity contribution in [2.45, 2.75) is 25.3 Å². The number of H-pyrrole nitrogens is 1. The van der Waals surface area contributed by atoms with Gasteiger partial charge in [-0.25, -0.2) is 17.9 Å². The highest BCUT2D eigenvalue weighted by atomic mass is 32.2. The molecule has 0 spiro atoms. The van der Waals surface area contributed by atoms with Crippen LogP contribution in [0, 0.1) is 11.7 Å². The molecule has 0 aliphatic rings. The second-order valence-electron chi connectivity index (χ2n) is 6.94. The van der Waals surface area contributed by atoms with Gasteiger partial charge in [0.2, 0.25) is 5.91 Å². The van der Waals surface area contributed by atoms with Gasteiger partial charge >= 0.3 is 0 Å². The molecule has 0 atom stereocenters. The highest BCUT2D eigenvalue weighted by Crippen LogP contribution is 2.27. The maximum absolute atomic E-state index is 14.3. The maximum atomic E-state index is 14.3. The number of aromatic amines is 1. The monoisotopic (exact) mass is 417 g/mol. The summed E-state index contributed by atoms with van der Waals surface area (Å²) in [5.74, 6) is -0.795. The average molecular weight is 417 g/mol. The van der Waals surface area contributed by atoms with Gasteiger partial charge in [0.25, 0.3) is 0 Å². The Kier molecular flexibility index (Phi) is 5.73. The van der Waals surface area contributed by atoms with Gasteiger partial charge in [-0.1, -0.05) is 26.0 Å². The highest BCUT2D eigenvalue weighted by molar-refractivity contribution is 7.90. The number of hydrogen-bond acceptors (Lipinski definition) is 6. The summed E-state index contributed by atoms with van der Waals surface area (Å²) in [6, 6.07) is 10.4. The quantitative estimate of drug-likeness (QED) is 0.660. The molecule has 0 aliphatic carbocycles. The molecule has 1 amide bonds. The lowest BCUT2D eigenvalue weighted by atomic mass is 10.1. The predicted molar refractivity (Wildman–Crippen MR) is 105 cm³/mol. The number of amides is 1. The standard InChI is InChI=1S/C19H20FN5O3S/c1-12(2)19(26)25(11-13-4-6-17(7-5-13)29(3,27)28)16-9-14(8-15(20)10-16)18-21-23-24-22-18/h4-10,12H,11H2,1-3H3,(H,21,22,23,24). The first-order chi connectivity index (χ1) is 13.6. The number of nitrogens with one attached hydrogen (secondary N) is 1. The molecular formula is C19H20FN5O3S. The van der Waals surface area contributed by atoms with Crippen molar-refractivity contribution in [3.63, 3.8) is 0 Å². The van der Waals surface area contributed by atoms with E-state index >= 15 is 0 Å². The number of halogens is 1. The van der Waals surface area contributed by atoms with Crippen LogP contribution in [-0.4, -0.2) is 41.2 Å². The molecule has 1 heterocycles. The summed E-state index contributed by atoms with van der Waals surface area (Å²) < 4.78 is 37.6. The van der Waals surface area contributed by atoms with Crippen LogP contribution in [0.5, 0.6) is 0 Å². The molecule has 3 rings (SSSR count). The number of rotatable bonds is 6. The molecule has 0 fully saturated rings. The Hall–Kier alpha value is -3.14. The Balaban J connectivity index is 1.99. The minimum Gasteiger partial charge on any atom is -0.308 e. The van der Waals surface area contributed by atoms with Gasteiger partial charge in [0.05, 0.1) is 11.4 Å². The molecule has 1 aromatic heterocycles. The van der Waals surface area contributed by atoms with Crippen molar-refractivity contribution in [3.05, 3.63) is 53.8 Å². The number of anilines is 1. The minimum atomic E-state index is -3.32. The van der Waals surface area contributed by atoms with Gasteiger partial charge in [-0.15, -0.1) is 5.10 Å². The SMILES string of the molecule is CC(C)C(=O)N(Cc1ccc(S(C)(=O)=O)cc1)c1cc(F)cc(-c2nnn[nH]2)c1. The predicted octanol–water partition coefficient (Wildman–Crippen LogP) is 2.60. The zero-order valence-corrected chi connectivity index (χ0v) is 16.9. The van der Waals surface area contributed by atoms with E-state index in [0.29, 0.717) is 16.8 Å². The van der Waals surface area contributed by atoms with Crippen molar-refractivity contribution in [2.24, 2.45) is 5.92 Å². The Morgan fingerprint density at radius 3 is 2.41 bits per heavy atom.